The fourth-order valence-corrected chi connectivity index (χ4v) is 2.23. The van der Waals surface area contributed by atoms with E-state index in [1.165, 1.54) is 0 Å². The SMILES string of the molecule is [CH3][Ge]([CH3])([CH3])[N]=C=[N][Ge]([CH3])([CH3])[CH3]. The maximum atomic E-state index is 4.36. The minimum atomic E-state index is -1.75. The molecular weight excluding hydrogens is 257 g/mol. The molecule has 0 aromatic heterocycles. The maximum absolute atomic E-state index is 4.36. The molecule has 0 rings (SSSR count). The molecule has 0 aliphatic rings. The number of hydrogen-bond donors (Lipinski definition) is 0. The summed E-state index contributed by atoms with van der Waals surface area (Å²) in [7, 11) is 0. The van der Waals surface area contributed by atoms with Gasteiger partial charge in [0.2, 0.25) is 0 Å². The first-order valence-electron chi connectivity index (χ1n) is 3.89. The van der Waals surface area contributed by atoms with Gasteiger partial charge in [0.15, 0.2) is 0 Å². The fourth-order valence-electron chi connectivity index (χ4n) is 0.325. The Bertz CT molecular complexity index is 162. The van der Waals surface area contributed by atoms with E-state index in [4.69, 9.17) is 0 Å². The molecule has 0 fully saturated rings. The van der Waals surface area contributed by atoms with E-state index in [-0.39, 0.29) is 0 Å². The normalized spacial score (nSPS) is 12.2. The van der Waals surface area contributed by atoms with Gasteiger partial charge in [-0.25, -0.2) is 0 Å². The molecule has 0 saturated heterocycles. The van der Waals surface area contributed by atoms with Gasteiger partial charge in [-0.05, 0) is 0 Å². The van der Waals surface area contributed by atoms with Crippen LogP contribution in [0.5, 0.6) is 0 Å². The summed E-state index contributed by atoms with van der Waals surface area (Å²) in [5, 5.41) is 0. The third-order valence-electron chi connectivity index (χ3n) is 0.771. The van der Waals surface area contributed by atoms with Crippen molar-refractivity contribution in [3.05, 3.63) is 0 Å². The van der Waals surface area contributed by atoms with E-state index >= 15 is 0 Å². The molecular formula is C7H18Ge2N2. The Kier molecular flexibility index (Phi) is 4.09. The predicted octanol–water partition coefficient (Wildman–Crippen LogP) is 2.83. The van der Waals surface area contributed by atoms with Crippen molar-refractivity contribution in [2.75, 3.05) is 0 Å². The topological polar surface area (TPSA) is 24.7 Å². The van der Waals surface area contributed by atoms with Crippen molar-refractivity contribution in [2.24, 2.45) is 7.90 Å². The first-order valence-corrected chi connectivity index (χ1v) is 18.4. The second kappa shape index (κ2) is 3.92. The molecule has 0 bridgehead atoms. The van der Waals surface area contributed by atoms with Gasteiger partial charge >= 0.3 is 75.4 Å². The molecule has 0 aliphatic heterocycles. The van der Waals surface area contributed by atoms with Crippen LogP contribution in [0.4, 0.5) is 0 Å². The van der Waals surface area contributed by atoms with Crippen LogP contribution in [0.15, 0.2) is 7.90 Å². The zero-order valence-electron chi connectivity index (χ0n) is 8.39. The Morgan fingerprint density at radius 3 is 1.18 bits per heavy atom. The second-order valence-electron chi connectivity index (χ2n) is 4.67. The van der Waals surface area contributed by atoms with Gasteiger partial charge in [-0.2, -0.15) is 0 Å². The van der Waals surface area contributed by atoms with Gasteiger partial charge < -0.3 is 0 Å². The van der Waals surface area contributed by atoms with Crippen molar-refractivity contribution < 1.29 is 0 Å². The van der Waals surface area contributed by atoms with Gasteiger partial charge in [-0.3, -0.25) is 0 Å². The molecule has 0 N–H and O–H groups in total. The summed E-state index contributed by atoms with van der Waals surface area (Å²) in [5.41, 5.74) is 0. The van der Waals surface area contributed by atoms with Crippen LogP contribution < -0.4 is 0 Å². The summed E-state index contributed by atoms with van der Waals surface area (Å²) < 4.78 is 8.72. The molecule has 0 amide bonds. The third-order valence-corrected chi connectivity index (χ3v) is 4.01. The van der Waals surface area contributed by atoms with Gasteiger partial charge in [0, 0.05) is 0 Å². The van der Waals surface area contributed by atoms with Gasteiger partial charge in [-0.1, -0.05) is 0 Å². The van der Waals surface area contributed by atoms with Crippen molar-refractivity contribution in [3.8, 4) is 0 Å². The zero-order chi connectivity index (χ0) is 9.12. The Balaban J connectivity index is 4.25. The molecule has 0 heterocycles. The quantitative estimate of drug-likeness (QED) is 0.547. The van der Waals surface area contributed by atoms with E-state index < -0.39 is 27.0 Å². The monoisotopic (exact) mass is 278 g/mol. The summed E-state index contributed by atoms with van der Waals surface area (Å²) in [6, 6.07) is 2.88. The van der Waals surface area contributed by atoms with Crippen LogP contribution in [-0.4, -0.2) is 33.0 Å². The molecule has 11 heavy (non-hydrogen) atoms. The zero-order valence-corrected chi connectivity index (χ0v) is 12.6. The molecule has 0 radical (unpaired) electrons. The van der Waals surface area contributed by atoms with Crippen molar-refractivity contribution in [1.82, 2.24) is 0 Å². The summed E-state index contributed by atoms with van der Waals surface area (Å²) >= 11 is -3.51. The van der Waals surface area contributed by atoms with E-state index in [0.717, 1.165) is 0 Å². The predicted molar refractivity (Wildman–Crippen MR) is 56.6 cm³/mol. The van der Waals surface area contributed by atoms with E-state index in [9.17, 15) is 0 Å². The summed E-state index contributed by atoms with van der Waals surface area (Å²) in [4.78, 5) is 0. The Hall–Kier alpha value is 0.466. The summed E-state index contributed by atoms with van der Waals surface area (Å²) in [6.07, 6.45) is 0. The Morgan fingerprint density at radius 1 is 0.727 bits per heavy atom. The first-order chi connectivity index (χ1) is 4.71. The van der Waals surface area contributed by atoms with Crippen LogP contribution in [0, 0.1) is 0 Å². The number of hydrogen-bond acceptors (Lipinski definition) is 2. The molecule has 64 valence electrons. The van der Waals surface area contributed by atoms with Crippen LogP contribution >= 0.6 is 0 Å². The van der Waals surface area contributed by atoms with Crippen LogP contribution in [0.25, 0.3) is 0 Å². The molecule has 0 spiro atoms. The second-order valence-corrected chi connectivity index (χ2v) is 23.8. The van der Waals surface area contributed by atoms with Crippen molar-refractivity contribution in [3.63, 3.8) is 0 Å². The molecule has 0 aromatic rings. The fraction of sp³-hybridized carbons (Fsp3) is 0.857. The molecule has 4 heteroatoms. The molecule has 0 atom stereocenters. The van der Waals surface area contributed by atoms with Crippen LogP contribution in [0.2, 0.25) is 34.5 Å². The number of rotatable bonds is 2. The Morgan fingerprint density at radius 2 is 1.00 bits per heavy atom. The van der Waals surface area contributed by atoms with Gasteiger partial charge in [-0.15, -0.1) is 0 Å². The van der Waals surface area contributed by atoms with E-state index in [0.29, 0.717) is 0 Å². The van der Waals surface area contributed by atoms with Gasteiger partial charge in [0.25, 0.3) is 0 Å². The van der Waals surface area contributed by atoms with Crippen LogP contribution in [0.3, 0.4) is 0 Å². The average Bonchev–Trinajstić information content (AvgIpc) is 1.55. The van der Waals surface area contributed by atoms with Crippen molar-refractivity contribution in [1.29, 1.82) is 0 Å². The van der Waals surface area contributed by atoms with Gasteiger partial charge in [0.05, 0.1) is 0 Å². The average molecular weight is 275 g/mol. The molecule has 0 saturated carbocycles. The van der Waals surface area contributed by atoms with Gasteiger partial charge in [0.1, 0.15) is 0 Å². The minimum absolute atomic E-state index is 1.75. The third kappa shape index (κ3) is 10.5. The van der Waals surface area contributed by atoms with Crippen LogP contribution in [-0.2, 0) is 0 Å². The molecule has 0 aromatic carbocycles. The summed E-state index contributed by atoms with van der Waals surface area (Å²) in [5.74, 6) is 13.4. The number of nitrogens with zero attached hydrogens (tertiary/aromatic N) is 2. The van der Waals surface area contributed by atoms with Crippen molar-refractivity contribution in [2.45, 2.75) is 34.5 Å². The van der Waals surface area contributed by atoms with E-state index in [1.54, 1.807) is 0 Å². The van der Waals surface area contributed by atoms with Crippen molar-refractivity contribution >= 4 is 33.0 Å². The molecule has 0 aliphatic carbocycles. The standard InChI is InChI=1S/C7H18Ge2N2/c1-8(2,3)10-7-11-9(4,5)6/h1-6H3. The van der Waals surface area contributed by atoms with E-state index in [2.05, 4.69) is 48.4 Å². The molecule has 2 nitrogen and oxygen atoms in total. The summed E-state index contributed by atoms with van der Waals surface area (Å²) in [6.45, 7) is 0. The Labute approximate surface area is 75.4 Å². The van der Waals surface area contributed by atoms with Crippen LogP contribution in [0.1, 0.15) is 0 Å². The molecule has 0 unspecified atom stereocenters. The van der Waals surface area contributed by atoms with E-state index in [1.807, 2.05) is 0 Å². The first kappa shape index (κ1) is 11.5.